The van der Waals surface area contributed by atoms with Gasteiger partial charge >= 0.3 is 0 Å². The van der Waals surface area contributed by atoms with E-state index in [-0.39, 0.29) is 0 Å². The zero-order valence-electron chi connectivity index (χ0n) is 11.6. The number of hydrogen-bond donors (Lipinski definition) is 1. The number of rotatable bonds is 3. The normalized spacial score (nSPS) is 18.1. The summed E-state index contributed by atoms with van der Waals surface area (Å²) in [6.45, 7) is 5.29. The number of nitrogens with zero attached hydrogens (tertiary/aromatic N) is 3. The first-order valence-electron chi connectivity index (χ1n) is 7.02. The number of anilines is 1. The lowest BCUT2D eigenvalue weighted by Crippen LogP contribution is -2.28. The second-order valence-electron chi connectivity index (χ2n) is 5.10. The first-order valence-corrected chi connectivity index (χ1v) is 7.02. The monoisotopic (exact) mass is 248 g/mol. The van der Waals surface area contributed by atoms with Crippen LogP contribution < -0.4 is 5.32 Å². The number of likely N-dealkylation sites (tertiary alicyclic amines) is 1. The molecule has 4 nitrogen and oxygen atoms in total. The summed E-state index contributed by atoms with van der Waals surface area (Å²) in [7, 11) is 1.90. The Morgan fingerprint density at radius 2 is 1.78 bits per heavy atom. The van der Waals surface area contributed by atoms with Gasteiger partial charge in [-0.3, -0.25) is 4.90 Å². The molecule has 1 aromatic heterocycles. The highest BCUT2D eigenvalue weighted by Crippen LogP contribution is 2.13. The molecular weight excluding hydrogens is 224 g/mol. The van der Waals surface area contributed by atoms with Crippen molar-refractivity contribution in [1.82, 2.24) is 14.9 Å². The molecule has 0 spiro atoms. The van der Waals surface area contributed by atoms with Crippen LogP contribution in [0, 0.1) is 6.92 Å². The standard InChI is InChI=1S/C14H24N4/c1-12-10-13(15-2)17-14(16-12)11-18-8-6-4-3-5-7-9-18/h10H,3-9,11H2,1-2H3,(H,15,16,17). The SMILES string of the molecule is CNc1cc(C)nc(CN2CCCCCCC2)n1. The van der Waals surface area contributed by atoms with Gasteiger partial charge in [0.05, 0.1) is 6.54 Å². The maximum atomic E-state index is 4.54. The Morgan fingerprint density at radius 1 is 1.11 bits per heavy atom. The van der Waals surface area contributed by atoms with Gasteiger partial charge in [-0.1, -0.05) is 19.3 Å². The van der Waals surface area contributed by atoms with E-state index >= 15 is 0 Å². The van der Waals surface area contributed by atoms with Crippen LogP contribution in [0.5, 0.6) is 0 Å². The molecule has 1 fully saturated rings. The molecule has 4 heteroatoms. The molecule has 0 unspecified atom stereocenters. The van der Waals surface area contributed by atoms with Crippen molar-refractivity contribution >= 4 is 5.82 Å². The van der Waals surface area contributed by atoms with Crippen molar-refractivity contribution < 1.29 is 0 Å². The van der Waals surface area contributed by atoms with Gasteiger partial charge in [0, 0.05) is 18.8 Å². The number of aromatic nitrogens is 2. The summed E-state index contributed by atoms with van der Waals surface area (Å²) in [6, 6.07) is 1.98. The van der Waals surface area contributed by atoms with E-state index in [4.69, 9.17) is 0 Å². The van der Waals surface area contributed by atoms with Gasteiger partial charge in [0.1, 0.15) is 11.6 Å². The van der Waals surface area contributed by atoms with Crippen molar-refractivity contribution in [1.29, 1.82) is 0 Å². The minimum atomic E-state index is 0.885. The maximum Gasteiger partial charge on any atom is 0.144 e. The molecular formula is C14H24N4. The molecule has 0 amide bonds. The van der Waals surface area contributed by atoms with E-state index in [0.29, 0.717) is 0 Å². The van der Waals surface area contributed by atoms with Crippen molar-refractivity contribution in [3.8, 4) is 0 Å². The molecule has 100 valence electrons. The molecule has 1 N–H and O–H groups in total. The van der Waals surface area contributed by atoms with Gasteiger partial charge < -0.3 is 5.32 Å². The lowest BCUT2D eigenvalue weighted by atomic mass is 10.1. The van der Waals surface area contributed by atoms with E-state index < -0.39 is 0 Å². The first-order chi connectivity index (χ1) is 8.78. The average molecular weight is 248 g/mol. The molecule has 18 heavy (non-hydrogen) atoms. The van der Waals surface area contributed by atoms with Crippen LogP contribution in [0.15, 0.2) is 6.07 Å². The predicted molar refractivity (Wildman–Crippen MR) is 74.7 cm³/mol. The molecule has 2 heterocycles. The highest BCUT2D eigenvalue weighted by Gasteiger charge is 2.11. The summed E-state index contributed by atoms with van der Waals surface area (Å²) < 4.78 is 0. The Morgan fingerprint density at radius 3 is 2.44 bits per heavy atom. The third-order valence-electron chi connectivity index (χ3n) is 3.47. The van der Waals surface area contributed by atoms with Crippen molar-refractivity contribution in [3.63, 3.8) is 0 Å². The summed E-state index contributed by atoms with van der Waals surface area (Å²) in [5.74, 6) is 1.87. The lowest BCUT2D eigenvalue weighted by Gasteiger charge is -2.23. The summed E-state index contributed by atoms with van der Waals surface area (Å²) in [4.78, 5) is 11.6. The van der Waals surface area contributed by atoms with Gasteiger partial charge in [0.15, 0.2) is 0 Å². The molecule has 0 aromatic carbocycles. The van der Waals surface area contributed by atoms with Gasteiger partial charge in [0.25, 0.3) is 0 Å². The highest BCUT2D eigenvalue weighted by atomic mass is 15.1. The third kappa shape index (κ3) is 3.95. The average Bonchev–Trinajstić information content (AvgIpc) is 2.31. The van der Waals surface area contributed by atoms with Gasteiger partial charge in [-0.15, -0.1) is 0 Å². The summed E-state index contributed by atoms with van der Waals surface area (Å²) >= 11 is 0. The molecule has 1 aromatic rings. The van der Waals surface area contributed by atoms with Crippen LogP contribution in [0.25, 0.3) is 0 Å². The molecule has 1 saturated heterocycles. The van der Waals surface area contributed by atoms with Crippen LogP contribution in [0.4, 0.5) is 5.82 Å². The lowest BCUT2D eigenvalue weighted by molar-refractivity contribution is 0.234. The van der Waals surface area contributed by atoms with E-state index in [1.165, 1.54) is 45.2 Å². The largest absolute Gasteiger partial charge is 0.373 e. The second-order valence-corrected chi connectivity index (χ2v) is 5.10. The van der Waals surface area contributed by atoms with Gasteiger partial charge in [-0.25, -0.2) is 9.97 Å². The number of hydrogen-bond acceptors (Lipinski definition) is 4. The quantitative estimate of drug-likeness (QED) is 0.892. The van der Waals surface area contributed by atoms with E-state index in [9.17, 15) is 0 Å². The van der Waals surface area contributed by atoms with Crippen molar-refractivity contribution in [2.45, 2.75) is 45.6 Å². The Hall–Kier alpha value is -1.16. The summed E-state index contributed by atoms with van der Waals surface area (Å²) in [5, 5.41) is 3.10. The van der Waals surface area contributed by atoms with Crippen molar-refractivity contribution in [2.75, 3.05) is 25.5 Å². The minimum Gasteiger partial charge on any atom is -0.373 e. The molecule has 0 aliphatic carbocycles. The Bertz CT molecular complexity index is 370. The molecule has 1 aliphatic heterocycles. The van der Waals surface area contributed by atoms with Gasteiger partial charge in [-0.2, -0.15) is 0 Å². The molecule has 0 atom stereocenters. The molecule has 2 rings (SSSR count). The topological polar surface area (TPSA) is 41.1 Å². The van der Waals surface area contributed by atoms with Crippen molar-refractivity contribution in [2.24, 2.45) is 0 Å². The summed E-state index contributed by atoms with van der Waals surface area (Å²) in [5.41, 5.74) is 1.04. The van der Waals surface area contributed by atoms with Crippen LogP contribution >= 0.6 is 0 Å². The molecule has 0 saturated carbocycles. The predicted octanol–water partition coefficient (Wildman–Crippen LogP) is 2.59. The first kappa shape index (κ1) is 13.3. The minimum absolute atomic E-state index is 0.885. The van der Waals surface area contributed by atoms with Crippen LogP contribution in [0.2, 0.25) is 0 Å². The summed E-state index contributed by atoms with van der Waals surface area (Å²) in [6.07, 6.45) is 6.76. The van der Waals surface area contributed by atoms with Gasteiger partial charge in [-0.05, 0) is 32.9 Å². The van der Waals surface area contributed by atoms with E-state index in [1.807, 2.05) is 20.0 Å². The van der Waals surface area contributed by atoms with E-state index in [1.54, 1.807) is 0 Å². The zero-order chi connectivity index (χ0) is 12.8. The van der Waals surface area contributed by atoms with Crippen LogP contribution in [0.1, 0.15) is 43.6 Å². The Kier molecular flexibility index (Phi) is 4.93. The molecule has 1 aliphatic rings. The molecule has 0 bridgehead atoms. The van der Waals surface area contributed by atoms with Crippen molar-refractivity contribution in [3.05, 3.63) is 17.6 Å². The number of nitrogens with one attached hydrogen (secondary N) is 1. The maximum absolute atomic E-state index is 4.54. The fourth-order valence-corrected chi connectivity index (χ4v) is 2.50. The Balaban J connectivity index is 2.00. The third-order valence-corrected chi connectivity index (χ3v) is 3.47. The zero-order valence-corrected chi connectivity index (χ0v) is 11.6. The molecule has 0 radical (unpaired) electrons. The highest BCUT2D eigenvalue weighted by molar-refractivity contribution is 5.34. The van der Waals surface area contributed by atoms with Gasteiger partial charge in [0.2, 0.25) is 0 Å². The number of aryl methyl sites for hydroxylation is 1. The fourth-order valence-electron chi connectivity index (χ4n) is 2.50. The van der Waals surface area contributed by atoms with Crippen LogP contribution in [-0.4, -0.2) is 35.0 Å². The van der Waals surface area contributed by atoms with Crippen LogP contribution in [-0.2, 0) is 6.54 Å². The fraction of sp³-hybridized carbons (Fsp3) is 0.714. The van der Waals surface area contributed by atoms with E-state index in [0.717, 1.165) is 23.9 Å². The van der Waals surface area contributed by atoms with Crippen LogP contribution in [0.3, 0.4) is 0 Å². The smallest absolute Gasteiger partial charge is 0.144 e. The second kappa shape index (κ2) is 6.69. The van der Waals surface area contributed by atoms with E-state index in [2.05, 4.69) is 20.2 Å². The Labute approximate surface area is 110 Å².